The predicted octanol–water partition coefficient (Wildman–Crippen LogP) is 8.10. The third-order valence-corrected chi connectivity index (χ3v) is 5.30. The van der Waals surface area contributed by atoms with Gasteiger partial charge in [-0.2, -0.15) is 0 Å². The standard InChI is InChI=1S/C27H31NO2.C7H8.C2H6/c1-9-18-29-27(20(6)10-2)23(12-4)22(11-3)26(19-28-8)30-25(13-5)24-17-15-14-16-21(24)7;1-7-5-3-2-4-6-7;1-2/h9-17,20H,1-5,7-8,18-19H2,6H3;2-5H,1,6H2;1-2H3/b25-24+,26-22+,27-23+;;. The van der Waals surface area contributed by atoms with Crippen LogP contribution in [-0.4, -0.2) is 19.9 Å². The number of rotatable bonds is 13. The molecule has 0 N–H and O–H groups in total. The molecule has 1 aromatic carbocycles. The van der Waals surface area contributed by atoms with Crippen LogP contribution in [0.4, 0.5) is 0 Å². The highest BCUT2D eigenvalue weighted by molar-refractivity contribution is 5.55. The molecule has 0 amide bonds. The molecule has 0 heterocycles. The lowest BCUT2D eigenvalue weighted by atomic mass is 9.97. The molecule has 3 heteroatoms. The van der Waals surface area contributed by atoms with Crippen LogP contribution in [0.5, 0.6) is 0 Å². The number of hydrogen-bond donors (Lipinski definition) is 0. The molecule has 0 aromatic heterocycles. The second kappa shape index (κ2) is 20.7. The van der Waals surface area contributed by atoms with E-state index in [-0.39, 0.29) is 12.5 Å². The van der Waals surface area contributed by atoms with Crippen molar-refractivity contribution in [1.82, 2.24) is 0 Å². The summed E-state index contributed by atoms with van der Waals surface area (Å²) in [5.74, 6) is 1.74. The summed E-state index contributed by atoms with van der Waals surface area (Å²) >= 11 is 0. The van der Waals surface area contributed by atoms with Gasteiger partial charge in [-0.05, 0) is 24.4 Å². The Bertz CT molecular complexity index is 1250. The fraction of sp³-hybridized carbons (Fsp3) is 0.194. The smallest absolute Gasteiger partial charge is 0.134 e. The van der Waals surface area contributed by atoms with Crippen LogP contribution in [0.25, 0.3) is 12.3 Å². The third-order valence-electron chi connectivity index (χ3n) is 5.30. The maximum absolute atomic E-state index is 6.26. The lowest BCUT2D eigenvalue weighted by Crippen LogP contribution is -2.25. The molecule has 206 valence electrons. The van der Waals surface area contributed by atoms with Gasteiger partial charge in [-0.3, -0.25) is 4.99 Å². The zero-order valence-electron chi connectivity index (χ0n) is 24.1. The molecule has 1 atom stereocenters. The number of aliphatic imine (C=N–C) groups is 1. The molecule has 3 nitrogen and oxygen atoms in total. The molecule has 1 aromatic rings. The molecule has 2 rings (SSSR count). The molecule has 0 saturated carbocycles. The largest absolute Gasteiger partial charge is 0.493 e. The third kappa shape index (κ3) is 11.7. The van der Waals surface area contributed by atoms with Crippen LogP contribution in [0.1, 0.15) is 27.2 Å². The van der Waals surface area contributed by atoms with Crippen LogP contribution < -0.4 is 10.4 Å². The first-order chi connectivity index (χ1) is 18.9. The minimum Gasteiger partial charge on any atom is -0.493 e. The monoisotopic (exact) mass is 523 g/mol. The topological polar surface area (TPSA) is 30.8 Å². The summed E-state index contributed by atoms with van der Waals surface area (Å²) in [6, 6.07) is 7.67. The first-order valence-electron chi connectivity index (χ1n) is 13.0. The van der Waals surface area contributed by atoms with E-state index in [0.29, 0.717) is 29.5 Å². The van der Waals surface area contributed by atoms with Crippen molar-refractivity contribution in [3.05, 3.63) is 157 Å². The summed E-state index contributed by atoms with van der Waals surface area (Å²) in [5, 5.41) is 1.66. The summed E-state index contributed by atoms with van der Waals surface area (Å²) in [5.41, 5.74) is 2.64. The van der Waals surface area contributed by atoms with Gasteiger partial charge in [-0.25, -0.2) is 0 Å². The van der Waals surface area contributed by atoms with E-state index in [2.05, 4.69) is 63.8 Å². The van der Waals surface area contributed by atoms with Gasteiger partial charge in [0.2, 0.25) is 0 Å². The average molecular weight is 524 g/mol. The highest BCUT2D eigenvalue weighted by Crippen LogP contribution is 2.28. The molecule has 0 saturated heterocycles. The molecule has 39 heavy (non-hydrogen) atoms. The van der Waals surface area contributed by atoms with Gasteiger partial charge in [0.05, 0.1) is 6.54 Å². The number of benzene rings is 1. The van der Waals surface area contributed by atoms with Crippen molar-refractivity contribution in [3.8, 4) is 0 Å². The van der Waals surface area contributed by atoms with Crippen molar-refractivity contribution < 1.29 is 9.47 Å². The quantitative estimate of drug-likeness (QED) is 0.113. The second-order valence-electron chi connectivity index (χ2n) is 8.01. The van der Waals surface area contributed by atoms with E-state index >= 15 is 0 Å². The van der Waals surface area contributed by atoms with Gasteiger partial charge in [-0.15, -0.1) is 6.58 Å². The van der Waals surface area contributed by atoms with Crippen molar-refractivity contribution in [2.24, 2.45) is 10.9 Å². The summed E-state index contributed by atoms with van der Waals surface area (Å²) < 4.78 is 12.2. The summed E-state index contributed by atoms with van der Waals surface area (Å²) in [4.78, 5) is 4.03. The van der Waals surface area contributed by atoms with E-state index < -0.39 is 0 Å². The highest BCUT2D eigenvalue weighted by Gasteiger charge is 2.18. The molecule has 1 aliphatic rings. The Labute approximate surface area is 236 Å². The van der Waals surface area contributed by atoms with Crippen molar-refractivity contribution >= 4 is 19.1 Å². The summed E-state index contributed by atoms with van der Waals surface area (Å²) in [6.07, 6.45) is 17.7. The van der Waals surface area contributed by atoms with Gasteiger partial charge in [0.1, 0.15) is 23.9 Å². The zero-order chi connectivity index (χ0) is 29.6. The lowest BCUT2D eigenvalue weighted by Gasteiger charge is -2.20. The molecule has 1 unspecified atom stereocenters. The highest BCUT2D eigenvalue weighted by atomic mass is 16.5. The van der Waals surface area contributed by atoms with Crippen LogP contribution in [0.15, 0.2) is 152 Å². The average Bonchev–Trinajstić information content (AvgIpc) is 2.97. The van der Waals surface area contributed by atoms with E-state index in [1.807, 2.05) is 63.3 Å². The Morgan fingerprint density at radius 3 is 2.08 bits per heavy atom. The first kappa shape index (κ1) is 34.6. The molecule has 0 bridgehead atoms. The number of nitrogens with zero attached hydrogens (tertiary/aromatic N) is 1. The predicted molar refractivity (Wildman–Crippen MR) is 174 cm³/mol. The van der Waals surface area contributed by atoms with Crippen LogP contribution in [-0.2, 0) is 9.47 Å². The fourth-order valence-corrected chi connectivity index (χ4v) is 3.36. The van der Waals surface area contributed by atoms with Crippen LogP contribution in [0.3, 0.4) is 0 Å². The molecule has 0 spiro atoms. The Hall–Kier alpha value is -4.37. The van der Waals surface area contributed by atoms with Crippen LogP contribution >= 0.6 is 0 Å². The van der Waals surface area contributed by atoms with Gasteiger partial charge >= 0.3 is 0 Å². The van der Waals surface area contributed by atoms with E-state index in [4.69, 9.17) is 9.47 Å². The van der Waals surface area contributed by atoms with E-state index in [1.165, 1.54) is 5.57 Å². The minimum atomic E-state index is -0.0609. The Balaban J connectivity index is 0.00000136. The van der Waals surface area contributed by atoms with Crippen LogP contribution in [0, 0.1) is 5.92 Å². The van der Waals surface area contributed by atoms with Gasteiger partial charge in [-0.1, -0.05) is 139 Å². The maximum atomic E-state index is 6.26. The van der Waals surface area contributed by atoms with Crippen molar-refractivity contribution in [2.75, 3.05) is 13.2 Å². The van der Waals surface area contributed by atoms with Gasteiger partial charge in [0.25, 0.3) is 0 Å². The van der Waals surface area contributed by atoms with Crippen LogP contribution in [0.2, 0.25) is 0 Å². The molecule has 0 radical (unpaired) electrons. The second-order valence-corrected chi connectivity index (χ2v) is 8.01. The Morgan fingerprint density at radius 1 is 0.974 bits per heavy atom. The zero-order valence-corrected chi connectivity index (χ0v) is 24.1. The number of hydrogen-bond acceptors (Lipinski definition) is 3. The molecule has 0 aliphatic heterocycles. The van der Waals surface area contributed by atoms with Gasteiger partial charge < -0.3 is 9.47 Å². The van der Waals surface area contributed by atoms with Crippen molar-refractivity contribution in [1.29, 1.82) is 0 Å². The first-order valence-corrected chi connectivity index (χ1v) is 13.0. The van der Waals surface area contributed by atoms with Gasteiger partial charge in [0.15, 0.2) is 0 Å². The van der Waals surface area contributed by atoms with E-state index in [0.717, 1.165) is 22.4 Å². The number of allylic oxidation sites excluding steroid dienone is 10. The van der Waals surface area contributed by atoms with Crippen molar-refractivity contribution in [2.45, 2.75) is 27.2 Å². The molecular weight excluding hydrogens is 478 g/mol. The minimum absolute atomic E-state index is 0.0609. The Morgan fingerprint density at radius 2 is 1.64 bits per heavy atom. The molecular formula is C36H45NO2. The van der Waals surface area contributed by atoms with Crippen molar-refractivity contribution in [3.63, 3.8) is 0 Å². The molecule has 0 fully saturated rings. The SMILES string of the molecule is C=C1C=CC=CC1.C=CCO/C(=C(C=C)/C(C=C)=C(\CN=C)O/C(C=C)=c1\ccccc1=C)C(C)C=C.CC. The normalized spacial score (nSPS) is 14.3. The lowest BCUT2D eigenvalue weighted by molar-refractivity contribution is 0.220. The maximum Gasteiger partial charge on any atom is 0.134 e. The summed E-state index contributed by atoms with van der Waals surface area (Å²) in [6.45, 7) is 37.5. The fourth-order valence-electron chi connectivity index (χ4n) is 3.36. The van der Waals surface area contributed by atoms with E-state index in [9.17, 15) is 0 Å². The van der Waals surface area contributed by atoms with E-state index in [1.54, 1.807) is 30.4 Å². The number of ether oxygens (including phenoxy) is 2. The Kier molecular flexibility index (Phi) is 18.3. The summed E-state index contributed by atoms with van der Waals surface area (Å²) in [7, 11) is 0. The van der Waals surface area contributed by atoms with Gasteiger partial charge in [0, 0.05) is 22.3 Å². The molecule has 1 aliphatic carbocycles.